The van der Waals surface area contributed by atoms with Crippen LogP contribution < -0.4 is 11.4 Å². The van der Waals surface area contributed by atoms with Gasteiger partial charge in [-0.3, -0.25) is 4.57 Å². The molecule has 0 saturated carbocycles. The minimum Gasteiger partial charge on any atom is -0.478 e. The van der Waals surface area contributed by atoms with E-state index in [1.54, 1.807) is 36.4 Å². The first-order valence-electron chi connectivity index (χ1n) is 10.4. The number of alkyl halides is 1. The highest BCUT2D eigenvalue weighted by Crippen LogP contribution is 2.51. The zero-order chi connectivity index (χ0) is 24.5. The number of aromatic carboxylic acids is 1. The van der Waals surface area contributed by atoms with Gasteiger partial charge in [-0.05, 0) is 36.8 Å². The minimum atomic E-state index is -2.28. The van der Waals surface area contributed by atoms with Crippen molar-refractivity contribution in [3.8, 4) is 0 Å². The van der Waals surface area contributed by atoms with Gasteiger partial charge >= 0.3 is 17.6 Å². The Kier molecular flexibility index (Phi) is 6.16. The van der Waals surface area contributed by atoms with Crippen molar-refractivity contribution in [2.45, 2.75) is 30.8 Å². The van der Waals surface area contributed by atoms with Gasteiger partial charge in [0.2, 0.25) is 0 Å². The SMILES string of the molecule is C[C@@]1(F)[C@H](c2ccccc2C(=O)O)[C@H](COC(=O)c2ccccc2)O[C@H]1n1ccc(N)nc1=O. The fraction of sp³-hybridized carbons (Fsp3) is 0.250. The molecule has 4 rings (SSSR count). The number of anilines is 1. The Morgan fingerprint density at radius 2 is 1.85 bits per heavy atom. The van der Waals surface area contributed by atoms with Crippen LogP contribution in [0.4, 0.5) is 10.2 Å². The zero-order valence-corrected chi connectivity index (χ0v) is 18.1. The summed E-state index contributed by atoms with van der Waals surface area (Å²) in [6.45, 7) is 0.836. The number of benzene rings is 2. The van der Waals surface area contributed by atoms with Gasteiger partial charge in [0.05, 0.1) is 17.0 Å². The number of hydrogen-bond donors (Lipinski definition) is 2. The highest BCUT2D eigenvalue weighted by atomic mass is 19.1. The number of carboxylic acids is 1. The second-order valence-electron chi connectivity index (χ2n) is 8.05. The lowest BCUT2D eigenvalue weighted by molar-refractivity contribution is -0.0642. The summed E-state index contributed by atoms with van der Waals surface area (Å²) in [6, 6.07) is 15.5. The molecule has 2 heterocycles. The quantitative estimate of drug-likeness (QED) is 0.529. The van der Waals surface area contributed by atoms with Crippen molar-refractivity contribution < 1.29 is 28.6 Å². The third-order valence-corrected chi connectivity index (χ3v) is 5.79. The van der Waals surface area contributed by atoms with E-state index in [9.17, 15) is 19.5 Å². The standard InChI is InChI=1S/C24H22FN3O6/c1-24(25)19(15-9-5-6-10-16(15)20(29)30)17(13-33-21(31)14-7-3-2-4-8-14)34-22(24)28-12-11-18(26)27-23(28)32/h2-12,17,19,22H,13H2,1H3,(H,29,30)(H2,26,27,32)/t17-,19+,22+,24+/m0/s1. The average Bonchev–Trinajstić information content (AvgIpc) is 3.07. The van der Waals surface area contributed by atoms with E-state index >= 15 is 4.39 Å². The molecule has 1 aliphatic rings. The Morgan fingerprint density at radius 1 is 1.18 bits per heavy atom. The highest BCUT2D eigenvalue weighted by molar-refractivity contribution is 5.90. The summed E-state index contributed by atoms with van der Waals surface area (Å²) in [4.78, 5) is 40.4. The summed E-state index contributed by atoms with van der Waals surface area (Å²) in [7, 11) is 0. The molecular weight excluding hydrogens is 445 g/mol. The van der Waals surface area contributed by atoms with E-state index in [0.29, 0.717) is 5.56 Å². The molecule has 34 heavy (non-hydrogen) atoms. The van der Waals surface area contributed by atoms with Gasteiger partial charge in [-0.15, -0.1) is 0 Å². The molecule has 9 nitrogen and oxygen atoms in total. The van der Waals surface area contributed by atoms with Crippen LogP contribution in [0.25, 0.3) is 0 Å². The molecule has 1 aliphatic heterocycles. The Balaban J connectivity index is 1.73. The van der Waals surface area contributed by atoms with Crippen LogP contribution >= 0.6 is 0 Å². The smallest absolute Gasteiger partial charge is 0.351 e. The number of nitrogen functional groups attached to an aromatic ring is 1. The van der Waals surface area contributed by atoms with Gasteiger partial charge in [-0.1, -0.05) is 36.4 Å². The van der Waals surface area contributed by atoms with E-state index in [4.69, 9.17) is 15.2 Å². The van der Waals surface area contributed by atoms with E-state index in [0.717, 1.165) is 4.57 Å². The van der Waals surface area contributed by atoms with Gasteiger partial charge in [0.25, 0.3) is 0 Å². The molecule has 1 aromatic heterocycles. The van der Waals surface area contributed by atoms with Crippen LogP contribution in [-0.2, 0) is 9.47 Å². The zero-order valence-electron chi connectivity index (χ0n) is 18.1. The van der Waals surface area contributed by atoms with Crippen molar-refractivity contribution >= 4 is 17.8 Å². The Bertz CT molecular complexity index is 1280. The van der Waals surface area contributed by atoms with E-state index in [1.807, 2.05) is 0 Å². The van der Waals surface area contributed by atoms with Crippen molar-refractivity contribution in [3.63, 3.8) is 0 Å². The second-order valence-corrected chi connectivity index (χ2v) is 8.05. The Labute approximate surface area is 193 Å². The molecule has 0 bridgehead atoms. The van der Waals surface area contributed by atoms with E-state index in [-0.39, 0.29) is 23.6 Å². The van der Waals surface area contributed by atoms with Gasteiger partial charge < -0.3 is 20.3 Å². The number of nitrogens with two attached hydrogens (primary N) is 1. The molecule has 1 fully saturated rings. The summed E-state index contributed by atoms with van der Waals surface area (Å²) in [5.41, 5.74) is 2.76. The van der Waals surface area contributed by atoms with Crippen molar-refractivity contribution in [2.24, 2.45) is 0 Å². The molecule has 0 radical (unpaired) electrons. The molecule has 10 heteroatoms. The van der Waals surface area contributed by atoms with Gasteiger partial charge in [0, 0.05) is 6.20 Å². The number of carboxylic acid groups (broad SMARTS) is 1. The summed E-state index contributed by atoms with van der Waals surface area (Å²) in [5, 5.41) is 9.68. The highest BCUT2D eigenvalue weighted by Gasteiger charge is 2.57. The summed E-state index contributed by atoms with van der Waals surface area (Å²) >= 11 is 0. The van der Waals surface area contributed by atoms with Crippen LogP contribution in [-0.4, -0.2) is 45.0 Å². The first kappa shape index (κ1) is 23.1. The van der Waals surface area contributed by atoms with Crippen LogP contribution in [0.1, 0.15) is 45.3 Å². The minimum absolute atomic E-state index is 0.0408. The number of aromatic nitrogens is 2. The predicted octanol–water partition coefficient (Wildman–Crippen LogP) is 2.79. The van der Waals surface area contributed by atoms with E-state index in [1.165, 1.54) is 37.4 Å². The molecule has 3 N–H and O–H groups in total. The third kappa shape index (κ3) is 4.27. The van der Waals surface area contributed by atoms with Crippen molar-refractivity contribution in [2.75, 3.05) is 12.3 Å². The van der Waals surface area contributed by atoms with Crippen LogP contribution in [0.15, 0.2) is 71.7 Å². The molecule has 4 atom stereocenters. The number of halogens is 1. The summed E-state index contributed by atoms with van der Waals surface area (Å²) in [5.74, 6) is -3.12. The maximum atomic E-state index is 16.5. The number of carbonyl (C=O) groups is 2. The molecule has 0 amide bonds. The maximum Gasteiger partial charge on any atom is 0.351 e. The largest absolute Gasteiger partial charge is 0.478 e. The molecular formula is C24H22FN3O6. The first-order chi connectivity index (χ1) is 16.2. The number of esters is 1. The average molecular weight is 467 g/mol. The fourth-order valence-corrected chi connectivity index (χ4v) is 4.25. The van der Waals surface area contributed by atoms with Gasteiger partial charge in [0.15, 0.2) is 11.9 Å². The lowest BCUT2D eigenvalue weighted by Gasteiger charge is -2.29. The third-order valence-electron chi connectivity index (χ3n) is 5.79. The molecule has 2 aromatic carbocycles. The number of nitrogens with zero attached hydrogens (tertiary/aromatic N) is 2. The topological polar surface area (TPSA) is 134 Å². The second kappa shape index (κ2) is 9.06. The van der Waals surface area contributed by atoms with E-state index in [2.05, 4.69) is 4.98 Å². The van der Waals surface area contributed by atoms with Crippen LogP contribution in [0.3, 0.4) is 0 Å². The van der Waals surface area contributed by atoms with Crippen molar-refractivity contribution in [1.82, 2.24) is 9.55 Å². The normalized spacial score (nSPS) is 24.0. The number of rotatable bonds is 6. The van der Waals surface area contributed by atoms with Gasteiger partial charge in [-0.25, -0.2) is 18.8 Å². The predicted molar refractivity (Wildman–Crippen MR) is 119 cm³/mol. The van der Waals surface area contributed by atoms with Gasteiger partial charge in [0.1, 0.15) is 18.5 Å². The van der Waals surface area contributed by atoms with Crippen LogP contribution in [0.5, 0.6) is 0 Å². The van der Waals surface area contributed by atoms with E-state index < -0.39 is 41.5 Å². The summed E-state index contributed by atoms with van der Waals surface area (Å²) in [6.07, 6.45) is -1.32. The van der Waals surface area contributed by atoms with Gasteiger partial charge in [-0.2, -0.15) is 4.98 Å². The Morgan fingerprint density at radius 3 is 2.53 bits per heavy atom. The number of ether oxygens (including phenoxy) is 2. The van der Waals surface area contributed by atoms with Crippen molar-refractivity contribution in [3.05, 3.63) is 94.0 Å². The molecule has 0 unspecified atom stereocenters. The summed E-state index contributed by atoms with van der Waals surface area (Å²) < 4.78 is 28.7. The number of carbonyl (C=O) groups excluding carboxylic acids is 1. The number of hydrogen-bond acceptors (Lipinski definition) is 7. The molecule has 1 saturated heterocycles. The fourth-order valence-electron chi connectivity index (χ4n) is 4.25. The van der Waals surface area contributed by atoms with Crippen molar-refractivity contribution in [1.29, 1.82) is 0 Å². The lowest BCUT2D eigenvalue weighted by atomic mass is 9.80. The monoisotopic (exact) mass is 467 g/mol. The lowest BCUT2D eigenvalue weighted by Crippen LogP contribution is -2.39. The first-order valence-corrected chi connectivity index (χ1v) is 10.4. The molecule has 0 spiro atoms. The molecule has 0 aliphatic carbocycles. The molecule has 176 valence electrons. The maximum absolute atomic E-state index is 16.5. The Hall–Kier alpha value is -4.05. The van der Waals surface area contributed by atoms with Crippen LogP contribution in [0, 0.1) is 0 Å². The van der Waals surface area contributed by atoms with Crippen LogP contribution in [0.2, 0.25) is 0 Å². The molecule has 3 aromatic rings.